The van der Waals surface area contributed by atoms with E-state index in [0.29, 0.717) is 31.1 Å². The molecule has 4 rings (SSSR count). The van der Waals surface area contributed by atoms with Crippen molar-refractivity contribution in [3.63, 3.8) is 0 Å². The molecule has 0 N–H and O–H groups in total. The standard InChI is InChI=1S/C22H16BrN3O4S/c1-13(27)30-20-16(23)10-15(11-17(20)29-2)12-18-21(28)26-22(31-18)24-19(25-26)9-8-14-6-4-3-5-7-14/h3-12H,1-2H3/b9-8+,18-12+. The SMILES string of the molecule is COc1cc(/C=c2/sc3nc(/C=C/c4ccccc4)nn3c2=O)cc(Br)c1OC(C)=O. The number of halogens is 1. The predicted molar refractivity (Wildman–Crippen MR) is 123 cm³/mol. The largest absolute Gasteiger partial charge is 0.493 e. The van der Waals surface area contributed by atoms with Crippen LogP contribution in [0.4, 0.5) is 0 Å². The summed E-state index contributed by atoms with van der Waals surface area (Å²) in [6.45, 7) is 1.31. The van der Waals surface area contributed by atoms with Gasteiger partial charge in [0.15, 0.2) is 17.3 Å². The van der Waals surface area contributed by atoms with Crippen LogP contribution < -0.4 is 19.6 Å². The Morgan fingerprint density at radius 2 is 1.94 bits per heavy atom. The molecule has 0 aliphatic heterocycles. The second-order valence-corrected chi connectivity index (χ2v) is 8.32. The van der Waals surface area contributed by atoms with E-state index in [-0.39, 0.29) is 11.3 Å². The van der Waals surface area contributed by atoms with Crippen LogP contribution in [-0.4, -0.2) is 27.7 Å². The normalized spacial score (nSPS) is 12.0. The number of ether oxygens (including phenoxy) is 2. The number of aromatic nitrogens is 3. The molecule has 2 aromatic heterocycles. The predicted octanol–water partition coefficient (Wildman–Crippen LogP) is 3.57. The Kier molecular flexibility index (Phi) is 5.97. The molecule has 0 radical (unpaired) electrons. The van der Waals surface area contributed by atoms with E-state index in [1.165, 1.54) is 29.9 Å². The minimum absolute atomic E-state index is 0.258. The molecule has 2 aromatic carbocycles. The van der Waals surface area contributed by atoms with Gasteiger partial charge < -0.3 is 9.47 Å². The highest BCUT2D eigenvalue weighted by Gasteiger charge is 2.14. The third-order valence-corrected chi connectivity index (χ3v) is 5.77. The summed E-state index contributed by atoms with van der Waals surface area (Å²) in [6, 6.07) is 13.2. The maximum absolute atomic E-state index is 12.8. The first kappa shape index (κ1) is 21.0. The highest BCUT2D eigenvalue weighted by atomic mass is 79.9. The van der Waals surface area contributed by atoms with Gasteiger partial charge in [0.2, 0.25) is 4.96 Å². The van der Waals surface area contributed by atoms with E-state index < -0.39 is 5.97 Å². The first-order valence-corrected chi connectivity index (χ1v) is 10.8. The summed E-state index contributed by atoms with van der Waals surface area (Å²) in [5.74, 6) is 0.664. The molecule has 9 heteroatoms. The Morgan fingerprint density at radius 1 is 1.16 bits per heavy atom. The van der Waals surface area contributed by atoms with Crippen LogP contribution in [0.3, 0.4) is 0 Å². The number of hydrogen-bond donors (Lipinski definition) is 0. The summed E-state index contributed by atoms with van der Waals surface area (Å²) in [5.41, 5.74) is 1.46. The third-order valence-electron chi connectivity index (χ3n) is 4.22. The number of nitrogens with zero attached hydrogens (tertiary/aromatic N) is 3. The summed E-state index contributed by atoms with van der Waals surface area (Å²) in [4.78, 5) is 29.0. The second-order valence-electron chi connectivity index (χ2n) is 6.45. The van der Waals surface area contributed by atoms with Crippen LogP contribution in [0.1, 0.15) is 23.9 Å². The van der Waals surface area contributed by atoms with Crippen LogP contribution in [-0.2, 0) is 4.79 Å². The third kappa shape index (κ3) is 4.57. The molecule has 0 unspecified atom stereocenters. The Balaban J connectivity index is 1.69. The molecule has 0 bridgehead atoms. The molecule has 4 aromatic rings. The Morgan fingerprint density at radius 3 is 2.61 bits per heavy atom. The van der Waals surface area contributed by atoms with Crippen molar-refractivity contribution in [2.75, 3.05) is 7.11 Å². The first-order valence-electron chi connectivity index (χ1n) is 9.15. The molecular weight excluding hydrogens is 482 g/mol. The number of carbonyl (C=O) groups is 1. The topological polar surface area (TPSA) is 82.8 Å². The van der Waals surface area contributed by atoms with E-state index in [9.17, 15) is 9.59 Å². The highest BCUT2D eigenvalue weighted by molar-refractivity contribution is 9.10. The fourth-order valence-electron chi connectivity index (χ4n) is 2.87. The monoisotopic (exact) mass is 497 g/mol. The summed E-state index contributed by atoms with van der Waals surface area (Å²) in [7, 11) is 1.48. The van der Waals surface area contributed by atoms with E-state index in [0.717, 1.165) is 5.56 Å². The number of hydrogen-bond acceptors (Lipinski definition) is 7. The van der Waals surface area contributed by atoms with Gasteiger partial charge in [-0.15, -0.1) is 5.10 Å². The zero-order valence-electron chi connectivity index (χ0n) is 16.5. The summed E-state index contributed by atoms with van der Waals surface area (Å²) in [6.07, 6.45) is 5.38. The number of rotatable bonds is 5. The maximum atomic E-state index is 12.8. The summed E-state index contributed by atoms with van der Waals surface area (Å²) >= 11 is 4.62. The van der Waals surface area contributed by atoms with Crippen LogP contribution in [0.25, 0.3) is 23.2 Å². The number of thiazole rings is 1. The molecule has 0 spiro atoms. The number of benzene rings is 2. The van der Waals surface area contributed by atoms with Gasteiger partial charge in [-0.05, 0) is 51.3 Å². The van der Waals surface area contributed by atoms with Crippen molar-refractivity contribution in [3.8, 4) is 11.5 Å². The lowest BCUT2D eigenvalue weighted by Crippen LogP contribution is -2.23. The van der Waals surface area contributed by atoms with Gasteiger partial charge in [-0.1, -0.05) is 47.7 Å². The molecular formula is C22H16BrN3O4S. The molecule has 0 aliphatic rings. The first-order chi connectivity index (χ1) is 14.9. The lowest BCUT2D eigenvalue weighted by Gasteiger charge is -2.10. The minimum atomic E-state index is -0.458. The molecule has 0 fully saturated rings. The Labute approximate surface area is 189 Å². The Bertz CT molecular complexity index is 1410. The fourth-order valence-corrected chi connectivity index (χ4v) is 4.33. The van der Waals surface area contributed by atoms with Gasteiger partial charge in [0.05, 0.1) is 16.1 Å². The smallest absolute Gasteiger partial charge is 0.308 e. The van der Waals surface area contributed by atoms with E-state index in [1.807, 2.05) is 36.4 Å². The zero-order chi connectivity index (χ0) is 22.0. The molecule has 7 nitrogen and oxygen atoms in total. The van der Waals surface area contributed by atoms with Crippen molar-refractivity contribution < 1.29 is 14.3 Å². The Hall–Kier alpha value is -3.30. The molecule has 2 heterocycles. The van der Waals surface area contributed by atoms with E-state index >= 15 is 0 Å². The molecule has 0 saturated heterocycles. The maximum Gasteiger partial charge on any atom is 0.308 e. The lowest BCUT2D eigenvalue weighted by molar-refractivity contribution is -0.132. The fraction of sp³-hybridized carbons (Fsp3) is 0.0909. The molecule has 31 heavy (non-hydrogen) atoms. The van der Waals surface area contributed by atoms with Crippen molar-refractivity contribution in [3.05, 3.63) is 78.8 Å². The van der Waals surface area contributed by atoms with Gasteiger partial charge >= 0.3 is 5.97 Å². The second kappa shape index (κ2) is 8.83. The van der Waals surface area contributed by atoms with Crippen LogP contribution >= 0.6 is 27.3 Å². The zero-order valence-corrected chi connectivity index (χ0v) is 18.9. The van der Waals surface area contributed by atoms with E-state index in [2.05, 4.69) is 26.0 Å². The number of fused-ring (bicyclic) bond motifs is 1. The van der Waals surface area contributed by atoms with Gasteiger partial charge in [0.1, 0.15) is 0 Å². The van der Waals surface area contributed by atoms with Crippen molar-refractivity contribution in [1.29, 1.82) is 0 Å². The molecule has 0 atom stereocenters. The van der Waals surface area contributed by atoms with Crippen LogP contribution in [0.2, 0.25) is 0 Å². The highest BCUT2D eigenvalue weighted by Crippen LogP contribution is 2.37. The van der Waals surface area contributed by atoms with Crippen molar-refractivity contribution in [2.45, 2.75) is 6.92 Å². The molecule has 0 amide bonds. The number of methoxy groups -OCH3 is 1. The number of carbonyl (C=O) groups excluding carboxylic acids is 1. The van der Waals surface area contributed by atoms with Crippen molar-refractivity contribution >= 4 is 56.4 Å². The summed E-state index contributed by atoms with van der Waals surface area (Å²) < 4.78 is 12.8. The van der Waals surface area contributed by atoms with Gasteiger partial charge in [0.25, 0.3) is 5.56 Å². The van der Waals surface area contributed by atoms with Crippen LogP contribution in [0.15, 0.2) is 51.7 Å². The van der Waals surface area contributed by atoms with E-state index in [1.54, 1.807) is 24.3 Å². The van der Waals surface area contributed by atoms with Gasteiger partial charge in [-0.3, -0.25) is 9.59 Å². The quantitative estimate of drug-likeness (QED) is 0.309. The summed E-state index contributed by atoms with van der Waals surface area (Å²) in [5, 5.41) is 4.29. The van der Waals surface area contributed by atoms with Crippen LogP contribution in [0, 0.1) is 0 Å². The lowest BCUT2D eigenvalue weighted by atomic mass is 10.2. The van der Waals surface area contributed by atoms with Crippen LogP contribution in [0.5, 0.6) is 11.5 Å². The average Bonchev–Trinajstić information content (AvgIpc) is 3.27. The molecule has 0 aliphatic carbocycles. The molecule has 0 saturated carbocycles. The molecule has 156 valence electrons. The van der Waals surface area contributed by atoms with Crippen molar-refractivity contribution in [2.24, 2.45) is 0 Å². The van der Waals surface area contributed by atoms with Gasteiger partial charge in [0, 0.05) is 6.92 Å². The van der Waals surface area contributed by atoms with Crippen molar-refractivity contribution in [1.82, 2.24) is 14.6 Å². The van der Waals surface area contributed by atoms with E-state index in [4.69, 9.17) is 9.47 Å². The number of esters is 1. The van der Waals surface area contributed by atoms with Gasteiger partial charge in [-0.25, -0.2) is 0 Å². The minimum Gasteiger partial charge on any atom is -0.493 e. The van der Waals surface area contributed by atoms with Gasteiger partial charge in [-0.2, -0.15) is 9.50 Å². The average molecular weight is 498 g/mol.